The number of hydrogen-bond donors (Lipinski definition) is 1. The summed E-state index contributed by atoms with van der Waals surface area (Å²) in [6.45, 7) is 1.17. The number of carbonyl (C=O) groups is 2. The molecule has 1 aliphatic rings. The van der Waals surface area contributed by atoms with Crippen molar-refractivity contribution in [1.29, 1.82) is 0 Å². The molecule has 2 amide bonds. The molecule has 3 aromatic carbocycles. The Morgan fingerprint density at radius 3 is 2.30 bits per heavy atom. The molecule has 0 bridgehead atoms. The molecular formula is C29H30BrCl2N3O4S. The van der Waals surface area contributed by atoms with Gasteiger partial charge in [-0.2, -0.15) is 0 Å². The van der Waals surface area contributed by atoms with Gasteiger partial charge in [0.15, 0.2) is 0 Å². The normalized spacial score (nSPS) is 14.5. The summed E-state index contributed by atoms with van der Waals surface area (Å²) in [7, 11) is -4.23. The molecule has 0 spiro atoms. The number of anilines is 1. The molecule has 3 aromatic rings. The third kappa shape index (κ3) is 7.37. The molecule has 0 saturated heterocycles. The molecule has 1 atom stereocenters. The molecule has 4 rings (SSSR count). The van der Waals surface area contributed by atoms with Crippen molar-refractivity contribution in [3.8, 4) is 0 Å². The van der Waals surface area contributed by atoms with E-state index in [1.807, 2.05) is 24.3 Å². The lowest BCUT2D eigenvalue weighted by molar-refractivity contribution is -0.139. The highest BCUT2D eigenvalue weighted by Crippen LogP contribution is 2.33. The van der Waals surface area contributed by atoms with Gasteiger partial charge in [-0.3, -0.25) is 13.9 Å². The van der Waals surface area contributed by atoms with Crippen LogP contribution in [-0.4, -0.2) is 43.8 Å². The van der Waals surface area contributed by atoms with Gasteiger partial charge in [0.2, 0.25) is 11.8 Å². The van der Waals surface area contributed by atoms with E-state index in [4.69, 9.17) is 23.2 Å². The number of halogens is 3. The van der Waals surface area contributed by atoms with Gasteiger partial charge in [0.1, 0.15) is 12.6 Å². The summed E-state index contributed by atoms with van der Waals surface area (Å²) in [5.41, 5.74) is 0.855. The van der Waals surface area contributed by atoms with Crippen LogP contribution in [0.15, 0.2) is 82.2 Å². The Bertz CT molecular complexity index is 1450. The zero-order valence-corrected chi connectivity index (χ0v) is 25.8. The quantitative estimate of drug-likeness (QED) is 0.270. The average molecular weight is 667 g/mol. The van der Waals surface area contributed by atoms with Gasteiger partial charge in [0.05, 0.1) is 15.6 Å². The predicted molar refractivity (Wildman–Crippen MR) is 162 cm³/mol. The van der Waals surface area contributed by atoms with Gasteiger partial charge in [-0.05, 0) is 67.8 Å². The van der Waals surface area contributed by atoms with E-state index in [-0.39, 0.29) is 39.1 Å². The number of benzene rings is 3. The number of rotatable bonds is 10. The maximum absolute atomic E-state index is 14.0. The van der Waals surface area contributed by atoms with Crippen LogP contribution < -0.4 is 9.62 Å². The van der Waals surface area contributed by atoms with Crippen molar-refractivity contribution in [3.63, 3.8) is 0 Å². The van der Waals surface area contributed by atoms with Crippen molar-refractivity contribution in [3.05, 3.63) is 92.9 Å². The van der Waals surface area contributed by atoms with Crippen molar-refractivity contribution in [2.24, 2.45) is 0 Å². The van der Waals surface area contributed by atoms with Gasteiger partial charge in [0.25, 0.3) is 10.0 Å². The zero-order chi connectivity index (χ0) is 28.9. The Morgan fingerprint density at radius 2 is 1.65 bits per heavy atom. The molecule has 0 radical (unpaired) electrons. The minimum Gasteiger partial charge on any atom is -0.352 e. The summed E-state index contributed by atoms with van der Waals surface area (Å²) in [4.78, 5) is 28.7. The fourth-order valence-corrected chi connectivity index (χ4v) is 6.82. The molecule has 212 valence electrons. The molecule has 0 aliphatic heterocycles. The maximum Gasteiger partial charge on any atom is 0.264 e. The Kier molecular flexibility index (Phi) is 10.2. The number of carbonyl (C=O) groups excluding carboxylic acids is 2. The lowest BCUT2D eigenvalue weighted by Crippen LogP contribution is -2.52. The topological polar surface area (TPSA) is 86.8 Å². The van der Waals surface area contributed by atoms with Crippen LogP contribution in [0.3, 0.4) is 0 Å². The summed E-state index contributed by atoms with van der Waals surface area (Å²) in [6, 6.07) is 18.8. The standard InChI is InChI=1S/C29H30BrCl2N3O4S/c1-20(29(37)33-24-7-5-6-8-24)34(18-21-11-13-22(30)14-12-21)28(36)19-35(27-17-23(31)15-16-26(27)32)40(38,39)25-9-3-2-4-10-25/h2-4,9-17,20,24H,5-8,18-19H2,1H3,(H,33,37). The summed E-state index contributed by atoms with van der Waals surface area (Å²) in [5, 5.41) is 3.43. The third-order valence-corrected chi connectivity index (χ3v) is 9.78. The molecule has 1 aliphatic carbocycles. The Morgan fingerprint density at radius 1 is 1.00 bits per heavy atom. The van der Waals surface area contributed by atoms with Gasteiger partial charge < -0.3 is 10.2 Å². The van der Waals surface area contributed by atoms with Crippen molar-refractivity contribution in [1.82, 2.24) is 10.2 Å². The van der Waals surface area contributed by atoms with E-state index in [9.17, 15) is 18.0 Å². The van der Waals surface area contributed by atoms with Crippen LogP contribution in [0.1, 0.15) is 38.2 Å². The van der Waals surface area contributed by atoms with Crippen LogP contribution in [0.25, 0.3) is 0 Å². The highest BCUT2D eigenvalue weighted by atomic mass is 79.9. The van der Waals surface area contributed by atoms with Crippen molar-refractivity contribution >= 4 is 66.7 Å². The molecule has 0 heterocycles. The molecule has 0 aromatic heterocycles. The number of nitrogens with zero attached hydrogens (tertiary/aromatic N) is 2. The van der Waals surface area contributed by atoms with Gasteiger partial charge in [-0.15, -0.1) is 0 Å². The molecule has 40 heavy (non-hydrogen) atoms. The monoisotopic (exact) mass is 665 g/mol. The van der Waals surface area contributed by atoms with E-state index in [2.05, 4.69) is 21.2 Å². The molecule has 1 fully saturated rings. The fourth-order valence-electron chi connectivity index (χ4n) is 4.67. The van der Waals surface area contributed by atoms with E-state index < -0.39 is 28.5 Å². The lowest BCUT2D eigenvalue weighted by Gasteiger charge is -2.32. The molecule has 11 heteroatoms. The molecule has 1 N–H and O–H groups in total. The summed E-state index contributed by atoms with van der Waals surface area (Å²) in [6.07, 6.45) is 3.89. The lowest BCUT2D eigenvalue weighted by atomic mass is 10.1. The predicted octanol–water partition coefficient (Wildman–Crippen LogP) is 6.43. The average Bonchev–Trinajstić information content (AvgIpc) is 3.45. The van der Waals surface area contributed by atoms with E-state index >= 15 is 0 Å². The highest BCUT2D eigenvalue weighted by Gasteiger charge is 2.34. The Balaban J connectivity index is 1.70. The van der Waals surface area contributed by atoms with Gasteiger partial charge in [0, 0.05) is 22.1 Å². The SMILES string of the molecule is CC(C(=O)NC1CCCC1)N(Cc1ccc(Br)cc1)C(=O)CN(c1cc(Cl)ccc1Cl)S(=O)(=O)c1ccccc1. The summed E-state index contributed by atoms with van der Waals surface area (Å²) < 4.78 is 29.5. The highest BCUT2D eigenvalue weighted by molar-refractivity contribution is 9.10. The largest absolute Gasteiger partial charge is 0.352 e. The van der Waals surface area contributed by atoms with E-state index in [0.29, 0.717) is 0 Å². The first-order chi connectivity index (χ1) is 19.1. The van der Waals surface area contributed by atoms with Crippen molar-refractivity contribution in [2.75, 3.05) is 10.8 Å². The summed E-state index contributed by atoms with van der Waals surface area (Å²) in [5.74, 6) is -0.844. The van der Waals surface area contributed by atoms with E-state index in [1.165, 1.54) is 35.2 Å². The van der Waals surface area contributed by atoms with Gasteiger partial charge in [-0.1, -0.05) is 82.3 Å². The first kappa shape index (κ1) is 30.4. The van der Waals surface area contributed by atoms with E-state index in [1.54, 1.807) is 25.1 Å². The first-order valence-corrected chi connectivity index (χ1v) is 15.9. The molecule has 7 nitrogen and oxygen atoms in total. The van der Waals surface area contributed by atoms with Crippen molar-refractivity contribution in [2.45, 2.75) is 56.1 Å². The second-order valence-electron chi connectivity index (χ2n) is 9.73. The number of sulfonamides is 1. The van der Waals surface area contributed by atoms with Crippen LogP contribution in [0.2, 0.25) is 10.0 Å². The zero-order valence-electron chi connectivity index (χ0n) is 21.9. The minimum absolute atomic E-state index is 0.00896. The maximum atomic E-state index is 14.0. The van der Waals surface area contributed by atoms with Crippen LogP contribution in [0.4, 0.5) is 5.69 Å². The smallest absolute Gasteiger partial charge is 0.264 e. The number of hydrogen-bond acceptors (Lipinski definition) is 4. The van der Waals surface area contributed by atoms with Crippen molar-refractivity contribution < 1.29 is 18.0 Å². The molecule has 1 saturated carbocycles. The molecule has 1 unspecified atom stereocenters. The second kappa shape index (κ2) is 13.4. The van der Waals surface area contributed by atoms with Crippen LogP contribution in [0, 0.1) is 0 Å². The number of amides is 2. The minimum atomic E-state index is -4.23. The van der Waals surface area contributed by atoms with Gasteiger partial charge >= 0.3 is 0 Å². The Hall–Kier alpha value is -2.59. The van der Waals surface area contributed by atoms with Gasteiger partial charge in [-0.25, -0.2) is 8.42 Å². The van der Waals surface area contributed by atoms with Crippen LogP contribution in [-0.2, 0) is 26.2 Å². The number of nitrogens with one attached hydrogen (secondary N) is 1. The van der Waals surface area contributed by atoms with E-state index in [0.717, 1.165) is 40.0 Å². The summed E-state index contributed by atoms with van der Waals surface area (Å²) >= 11 is 16.1. The van der Waals surface area contributed by atoms with Crippen LogP contribution in [0.5, 0.6) is 0 Å². The Labute approximate surface area is 253 Å². The fraction of sp³-hybridized carbons (Fsp3) is 0.310. The van der Waals surface area contributed by atoms with Crippen LogP contribution >= 0.6 is 39.1 Å². The second-order valence-corrected chi connectivity index (χ2v) is 13.4. The molecular weight excluding hydrogens is 637 g/mol. The first-order valence-electron chi connectivity index (χ1n) is 12.9. The third-order valence-electron chi connectivity index (χ3n) is 6.92.